The van der Waals surface area contributed by atoms with Crippen LogP contribution in [-0.4, -0.2) is 19.8 Å². The summed E-state index contributed by atoms with van der Waals surface area (Å²) >= 11 is 0. The van der Waals surface area contributed by atoms with E-state index in [2.05, 4.69) is 0 Å². The van der Waals surface area contributed by atoms with Crippen LogP contribution in [0, 0.1) is 23.2 Å². The Morgan fingerprint density at radius 3 is 2.36 bits per heavy atom. The summed E-state index contributed by atoms with van der Waals surface area (Å²) < 4.78 is 5.68. The molecule has 4 saturated carbocycles. The summed E-state index contributed by atoms with van der Waals surface area (Å²) in [7, 11) is 1.89. The molecule has 2 atom stereocenters. The molecule has 4 bridgehead atoms. The fourth-order valence-corrected chi connectivity index (χ4v) is 4.78. The molecule has 4 aliphatic carbocycles. The molecule has 0 aromatic rings. The Balaban J connectivity index is 1.88. The maximum Gasteiger partial charge on any atom is 0.0628 e. The molecule has 2 heteroatoms. The molecular weight excluding hydrogens is 174 g/mol. The Bertz CT molecular complexity index is 224. The summed E-state index contributed by atoms with van der Waals surface area (Å²) in [6.45, 7) is 0.910. The monoisotopic (exact) mass is 195 g/mol. The molecule has 0 saturated heterocycles. The molecule has 0 unspecified atom stereocenters. The summed E-state index contributed by atoms with van der Waals surface area (Å²) in [5, 5.41) is 0. The highest BCUT2D eigenvalue weighted by Crippen LogP contribution is 2.60. The average Bonchev–Trinajstić information content (AvgIpc) is 2.17. The lowest BCUT2D eigenvalue weighted by molar-refractivity contribution is -0.144. The zero-order valence-corrected chi connectivity index (χ0v) is 9.04. The molecule has 0 aliphatic heterocycles. The summed E-state index contributed by atoms with van der Waals surface area (Å²) in [4.78, 5) is 0. The first-order chi connectivity index (χ1) is 6.76. The van der Waals surface area contributed by atoms with E-state index in [-0.39, 0.29) is 0 Å². The van der Waals surface area contributed by atoms with Crippen LogP contribution in [0.4, 0.5) is 0 Å². The molecule has 4 aliphatic rings. The van der Waals surface area contributed by atoms with Gasteiger partial charge in [0, 0.05) is 7.11 Å². The van der Waals surface area contributed by atoms with E-state index in [1.165, 1.54) is 32.1 Å². The van der Waals surface area contributed by atoms with Crippen LogP contribution >= 0.6 is 0 Å². The van der Waals surface area contributed by atoms with E-state index in [9.17, 15) is 0 Å². The molecule has 0 spiro atoms. The lowest BCUT2D eigenvalue weighted by atomic mass is 9.48. The van der Waals surface area contributed by atoms with Crippen LogP contribution in [0.2, 0.25) is 0 Å². The molecule has 0 radical (unpaired) electrons. The van der Waals surface area contributed by atoms with E-state index in [1.54, 1.807) is 0 Å². The first-order valence-corrected chi connectivity index (χ1v) is 5.99. The highest BCUT2D eigenvalue weighted by atomic mass is 16.5. The molecule has 4 fully saturated rings. The van der Waals surface area contributed by atoms with Gasteiger partial charge >= 0.3 is 0 Å². The molecular formula is C12H21NO. The minimum absolute atomic E-state index is 0.519. The van der Waals surface area contributed by atoms with Gasteiger partial charge in [-0.2, -0.15) is 0 Å². The first-order valence-electron chi connectivity index (χ1n) is 5.99. The SMILES string of the molecule is COC1[C@@H]2CC3C[C@@H]1CC(CN)(C3)C2. The van der Waals surface area contributed by atoms with E-state index >= 15 is 0 Å². The molecule has 0 aromatic heterocycles. The van der Waals surface area contributed by atoms with Crippen molar-refractivity contribution in [3.63, 3.8) is 0 Å². The number of hydrogen-bond donors (Lipinski definition) is 1. The highest BCUT2D eigenvalue weighted by molar-refractivity contribution is 5.05. The summed E-state index contributed by atoms with van der Waals surface area (Å²) in [5.41, 5.74) is 6.49. The van der Waals surface area contributed by atoms with Crippen LogP contribution in [0.25, 0.3) is 0 Å². The lowest BCUT2D eigenvalue weighted by Gasteiger charge is -2.59. The van der Waals surface area contributed by atoms with Crippen molar-refractivity contribution in [2.45, 2.75) is 38.2 Å². The molecule has 0 aromatic carbocycles. The third-order valence-electron chi connectivity index (χ3n) is 5.02. The van der Waals surface area contributed by atoms with Gasteiger partial charge in [-0.05, 0) is 61.8 Å². The molecule has 14 heavy (non-hydrogen) atoms. The third-order valence-corrected chi connectivity index (χ3v) is 5.02. The number of hydrogen-bond acceptors (Lipinski definition) is 2. The second kappa shape index (κ2) is 2.96. The maximum absolute atomic E-state index is 5.97. The van der Waals surface area contributed by atoms with Gasteiger partial charge in [-0.3, -0.25) is 0 Å². The fraction of sp³-hybridized carbons (Fsp3) is 1.00. The molecule has 0 heterocycles. The normalized spacial score (nSPS) is 55.3. The second-order valence-corrected chi connectivity index (χ2v) is 5.87. The van der Waals surface area contributed by atoms with Crippen molar-refractivity contribution in [1.29, 1.82) is 0 Å². The van der Waals surface area contributed by atoms with E-state index in [4.69, 9.17) is 10.5 Å². The van der Waals surface area contributed by atoms with Gasteiger partial charge < -0.3 is 10.5 Å². The van der Waals surface area contributed by atoms with Gasteiger partial charge in [-0.25, -0.2) is 0 Å². The third kappa shape index (κ3) is 1.10. The summed E-state index contributed by atoms with van der Waals surface area (Å²) in [6.07, 6.45) is 7.48. The topological polar surface area (TPSA) is 35.2 Å². The van der Waals surface area contributed by atoms with Crippen LogP contribution in [0.5, 0.6) is 0 Å². The van der Waals surface area contributed by atoms with Gasteiger partial charge in [-0.1, -0.05) is 0 Å². The molecule has 2 nitrogen and oxygen atoms in total. The van der Waals surface area contributed by atoms with Crippen molar-refractivity contribution in [2.75, 3.05) is 13.7 Å². The van der Waals surface area contributed by atoms with E-state index < -0.39 is 0 Å². The van der Waals surface area contributed by atoms with Crippen molar-refractivity contribution < 1.29 is 4.74 Å². The van der Waals surface area contributed by atoms with Gasteiger partial charge in [-0.15, -0.1) is 0 Å². The van der Waals surface area contributed by atoms with Gasteiger partial charge in [0.25, 0.3) is 0 Å². The molecule has 80 valence electrons. The van der Waals surface area contributed by atoms with E-state index in [0.29, 0.717) is 11.5 Å². The quantitative estimate of drug-likeness (QED) is 0.729. The average molecular weight is 195 g/mol. The second-order valence-electron chi connectivity index (χ2n) is 5.87. The lowest BCUT2D eigenvalue weighted by Crippen LogP contribution is -2.56. The predicted molar refractivity (Wildman–Crippen MR) is 55.8 cm³/mol. The van der Waals surface area contributed by atoms with Crippen LogP contribution in [0.1, 0.15) is 32.1 Å². The minimum Gasteiger partial charge on any atom is -0.381 e. The standard InChI is InChI=1S/C12H21NO/c1-14-11-9-2-8-3-10(11)6-12(4-8,5-9)7-13/h8-11H,2-7,13H2,1H3/t8?,9-,10-,11?,12?/m1/s1. The molecule has 0 amide bonds. The zero-order valence-electron chi connectivity index (χ0n) is 9.04. The van der Waals surface area contributed by atoms with Gasteiger partial charge in [0.2, 0.25) is 0 Å². The number of rotatable bonds is 2. The number of nitrogens with two attached hydrogens (primary N) is 1. The van der Waals surface area contributed by atoms with Crippen molar-refractivity contribution in [3.05, 3.63) is 0 Å². The largest absolute Gasteiger partial charge is 0.381 e. The Labute approximate surface area is 86.2 Å². The highest BCUT2D eigenvalue weighted by Gasteiger charge is 2.54. The van der Waals surface area contributed by atoms with Gasteiger partial charge in [0.05, 0.1) is 6.10 Å². The number of ether oxygens (including phenoxy) is 1. The Morgan fingerprint density at radius 1 is 1.21 bits per heavy atom. The number of methoxy groups -OCH3 is 1. The van der Waals surface area contributed by atoms with Gasteiger partial charge in [0.15, 0.2) is 0 Å². The molecule has 2 N–H and O–H groups in total. The molecule has 4 rings (SSSR count). The van der Waals surface area contributed by atoms with Crippen molar-refractivity contribution in [1.82, 2.24) is 0 Å². The predicted octanol–water partition coefficient (Wildman–Crippen LogP) is 1.79. The van der Waals surface area contributed by atoms with Crippen LogP contribution in [0.3, 0.4) is 0 Å². The van der Waals surface area contributed by atoms with Crippen LogP contribution in [0.15, 0.2) is 0 Å². The first kappa shape index (κ1) is 9.17. The Morgan fingerprint density at radius 2 is 1.86 bits per heavy atom. The van der Waals surface area contributed by atoms with Gasteiger partial charge in [0.1, 0.15) is 0 Å². The summed E-state index contributed by atoms with van der Waals surface area (Å²) in [5.74, 6) is 2.63. The van der Waals surface area contributed by atoms with Crippen molar-refractivity contribution >= 4 is 0 Å². The minimum atomic E-state index is 0.519. The fourth-order valence-electron chi connectivity index (χ4n) is 4.78. The Hall–Kier alpha value is -0.0800. The van der Waals surface area contributed by atoms with Crippen molar-refractivity contribution in [2.24, 2.45) is 28.9 Å². The summed E-state index contributed by atoms with van der Waals surface area (Å²) in [6, 6.07) is 0. The zero-order chi connectivity index (χ0) is 9.76. The van der Waals surface area contributed by atoms with E-state index in [1.807, 2.05) is 7.11 Å². The maximum atomic E-state index is 5.97. The Kier molecular flexibility index (Phi) is 1.94. The van der Waals surface area contributed by atoms with Crippen LogP contribution in [-0.2, 0) is 4.74 Å². The van der Waals surface area contributed by atoms with E-state index in [0.717, 1.165) is 24.3 Å². The van der Waals surface area contributed by atoms with Crippen LogP contribution < -0.4 is 5.73 Å². The van der Waals surface area contributed by atoms with Crippen molar-refractivity contribution in [3.8, 4) is 0 Å². The smallest absolute Gasteiger partial charge is 0.0628 e.